The monoisotopic (exact) mass is 967 g/mol. The average molecular weight is 969 g/mol. The molecule has 350 valence electrons. The number of anilines is 1. The molecule has 6 heteroatoms. The number of benzene rings is 8. The first-order valence-corrected chi connectivity index (χ1v) is 25.8. The molecule has 1 heterocycles. The van der Waals surface area contributed by atoms with E-state index in [2.05, 4.69) is 164 Å². The molecule has 0 N–H and O–H groups in total. The van der Waals surface area contributed by atoms with E-state index in [0.29, 0.717) is 45.2 Å². The van der Waals surface area contributed by atoms with Crippen LogP contribution in [0.15, 0.2) is 114 Å². The third-order valence-corrected chi connectivity index (χ3v) is 15.5. The van der Waals surface area contributed by atoms with Crippen LogP contribution in [0.3, 0.4) is 0 Å². The third kappa shape index (κ3) is 8.35. The molecule has 0 spiro atoms. The predicted molar refractivity (Wildman–Crippen MR) is 288 cm³/mol. The standard InChI is InChI=1S/C62H66BrNO4/c1-11-13-15-33-61(7,8)39-23-27-41(28-24-39)67-51-35-48-54-49(60(66)64(59(48)65)58-43(37(3)4)19-17-20-44(58)38(5)6)36-52(68-42-29-25-40(26-30-42)62(9,10)34-16-14-12-2)56-47-31-32-50(63)45-21-18-22-46(53(45)47)55(51)57(54)56/h17-32,35-38H,11-16,33-34H2,1-10H3. The van der Waals surface area contributed by atoms with Crippen molar-refractivity contribution in [3.8, 4) is 23.0 Å². The molecule has 5 nitrogen and oxygen atoms in total. The topological polar surface area (TPSA) is 55.8 Å². The Hall–Kier alpha value is -5.72. The zero-order valence-corrected chi connectivity index (χ0v) is 43.2. The van der Waals surface area contributed by atoms with E-state index in [1.165, 1.54) is 54.6 Å². The van der Waals surface area contributed by atoms with E-state index in [1.807, 2.05) is 30.3 Å². The van der Waals surface area contributed by atoms with Gasteiger partial charge in [0.05, 0.1) is 16.8 Å². The summed E-state index contributed by atoms with van der Waals surface area (Å²) in [5, 5.41) is 7.07. The summed E-state index contributed by atoms with van der Waals surface area (Å²) in [4.78, 5) is 32.7. The highest BCUT2D eigenvalue weighted by atomic mass is 79.9. The number of hydrogen-bond donors (Lipinski definition) is 0. The fraction of sp³-hybridized carbons (Fsp3) is 0.355. The second kappa shape index (κ2) is 18.6. The van der Waals surface area contributed by atoms with Gasteiger partial charge >= 0.3 is 0 Å². The summed E-state index contributed by atoms with van der Waals surface area (Å²) < 4.78 is 15.2. The van der Waals surface area contributed by atoms with Crippen molar-refractivity contribution in [3.05, 3.63) is 147 Å². The molecule has 1 aliphatic heterocycles. The number of hydrogen-bond acceptors (Lipinski definition) is 4. The molecule has 0 atom stereocenters. The maximum absolute atomic E-state index is 15.6. The van der Waals surface area contributed by atoms with Gasteiger partial charge in [-0.15, -0.1) is 0 Å². The summed E-state index contributed by atoms with van der Waals surface area (Å²) in [6.07, 6.45) is 9.37. The van der Waals surface area contributed by atoms with Gasteiger partial charge in [0.2, 0.25) is 0 Å². The molecule has 0 radical (unpaired) electrons. The van der Waals surface area contributed by atoms with Crippen LogP contribution in [-0.4, -0.2) is 11.8 Å². The summed E-state index contributed by atoms with van der Waals surface area (Å²) >= 11 is 3.89. The minimum Gasteiger partial charge on any atom is -0.457 e. The number of unbranched alkanes of at least 4 members (excludes halogenated alkanes) is 4. The van der Waals surface area contributed by atoms with Gasteiger partial charge in [0, 0.05) is 26.0 Å². The van der Waals surface area contributed by atoms with Crippen molar-refractivity contribution in [1.29, 1.82) is 0 Å². The molecule has 2 amide bonds. The lowest BCUT2D eigenvalue weighted by molar-refractivity contribution is 0.0892. The molecule has 0 aliphatic carbocycles. The van der Waals surface area contributed by atoms with Crippen LogP contribution in [0.4, 0.5) is 5.69 Å². The van der Waals surface area contributed by atoms with E-state index in [9.17, 15) is 0 Å². The Kier molecular flexibility index (Phi) is 13.0. The SMILES string of the molecule is CCCCCC(C)(C)c1ccc(Oc2cc3c4c(cc(Oc5ccc(C(C)(C)CCCCC)cc5)c5c6ccc(Br)c7cccc(c2c45)c76)C(=O)N(c2c(C(C)C)cccc2C(C)C)C3=O)cc1. The van der Waals surface area contributed by atoms with Gasteiger partial charge in [0.15, 0.2) is 0 Å². The second-order valence-electron chi connectivity index (χ2n) is 21.1. The lowest BCUT2D eigenvalue weighted by Gasteiger charge is -2.33. The fourth-order valence-corrected chi connectivity index (χ4v) is 11.3. The van der Waals surface area contributed by atoms with Crippen molar-refractivity contribution >= 4 is 76.5 Å². The molecule has 0 aromatic heterocycles. The van der Waals surface area contributed by atoms with Crippen molar-refractivity contribution in [1.82, 2.24) is 0 Å². The van der Waals surface area contributed by atoms with Crippen molar-refractivity contribution < 1.29 is 19.1 Å². The van der Waals surface area contributed by atoms with Crippen molar-refractivity contribution in [2.24, 2.45) is 0 Å². The quantitative estimate of drug-likeness (QED) is 0.0395. The van der Waals surface area contributed by atoms with Gasteiger partial charge in [-0.1, -0.05) is 190 Å². The first kappa shape index (κ1) is 47.4. The van der Waals surface area contributed by atoms with E-state index >= 15 is 9.59 Å². The summed E-state index contributed by atoms with van der Waals surface area (Å²) in [7, 11) is 0. The van der Waals surface area contributed by atoms with E-state index in [4.69, 9.17) is 9.47 Å². The molecule has 1 aliphatic rings. The number of nitrogens with zero attached hydrogens (tertiary/aromatic N) is 1. The molecule has 0 bridgehead atoms. The van der Waals surface area contributed by atoms with Gasteiger partial charge < -0.3 is 9.47 Å². The maximum atomic E-state index is 15.6. The van der Waals surface area contributed by atoms with Crippen LogP contribution < -0.4 is 14.4 Å². The number of carbonyl (C=O) groups is 2. The Balaban J connectivity index is 1.32. The highest BCUT2D eigenvalue weighted by Gasteiger charge is 2.40. The second-order valence-corrected chi connectivity index (χ2v) is 22.0. The zero-order valence-electron chi connectivity index (χ0n) is 41.7. The van der Waals surface area contributed by atoms with Crippen LogP contribution in [0.2, 0.25) is 0 Å². The smallest absolute Gasteiger partial charge is 0.266 e. The van der Waals surface area contributed by atoms with Gasteiger partial charge in [-0.05, 0) is 122 Å². The summed E-state index contributed by atoms with van der Waals surface area (Å²) in [6, 6.07) is 37.4. The summed E-state index contributed by atoms with van der Waals surface area (Å²) in [6.45, 7) is 22.2. The highest BCUT2D eigenvalue weighted by molar-refractivity contribution is 9.10. The molecule has 9 rings (SSSR count). The van der Waals surface area contributed by atoms with E-state index in [-0.39, 0.29) is 34.5 Å². The minimum absolute atomic E-state index is 0.00987. The number of rotatable bonds is 17. The molecule has 0 saturated heterocycles. The molecule has 0 unspecified atom stereocenters. The van der Waals surface area contributed by atoms with Crippen LogP contribution in [0.5, 0.6) is 23.0 Å². The number of ether oxygens (including phenoxy) is 2. The van der Waals surface area contributed by atoms with Crippen LogP contribution >= 0.6 is 15.9 Å². The molecular formula is C62H66BrNO4. The predicted octanol–water partition coefficient (Wildman–Crippen LogP) is 18.8. The zero-order chi connectivity index (χ0) is 48.2. The van der Waals surface area contributed by atoms with Gasteiger partial charge in [0.25, 0.3) is 11.8 Å². The molecule has 8 aromatic rings. The van der Waals surface area contributed by atoms with E-state index in [1.54, 1.807) is 0 Å². The summed E-state index contributed by atoms with van der Waals surface area (Å²) in [5.41, 5.74) is 5.93. The average Bonchev–Trinajstić information content (AvgIpc) is 3.31. The molecule has 0 fully saturated rings. The third-order valence-electron chi connectivity index (χ3n) is 14.8. The molecule has 68 heavy (non-hydrogen) atoms. The number of fused-ring (bicyclic) bond motifs is 2. The normalized spacial score (nSPS) is 13.4. The van der Waals surface area contributed by atoms with E-state index in [0.717, 1.165) is 66.1 Å². The lowest BCUT2D eigenvalue weighted by Crippen LogP contribution is -2.42. The number of imide groups is 1. The minimum atomic E-state index is -0.366. The molecular weight excluding hydrogens is 903 g/mol. The van der Waals surface area contributed by atoms with Crippen LogP contribution in [0.1, 0.15) is 175 Å². The maximum Gasteiger partial charge on any atom is 0.266 e. The van der Waals surface area contributed by atoms with Gasteiger partial charge in [-0.2, -0.15) is 0 Å². The Morgan fingerprint density at radius 1 is 0.515 bits per heavy atom. The highest BCUT2D eigenvalue weighted by Crippen LogP contribution is 2.53. The largest absolute Gasteiger partial charge is 0.457 e. The van der Waals surface area contributed by atoms with Crippen molar-refractivity contribution in [2.45, 2.75) is 143 Å². The van der Waals surface area contributed by atoms with Crippen LogP contribution in [0, 0.1) is 0 Å². The Bertz CT molecular complexity index is 3030. The Morgan fingerprint density at radius 2 is 0.956 bits per heavy atom. The number of amides is 2. The van der Waals surface area contributed by atoms with Crippen LogP contribution in [0.25, 0.3) is 43.1 Å². The fourth-order valence-electron chi connectivity index (χ4n) is 10.8. The van der Waals surface area contributed by atoms with Crippen molar-refractivity contribution in [2.75, 3.05) is 4.90 Å². The summed E-state index contributed by atoms with van der Waals surface area (Å²) in [5.74, 6) is 1.80. The van der Waals surface area contributed by atoms with Crippen LogP contribution in [-0.2, 0) is 10.8 Å². The number of para-hydroxylation sites is 1. The first-order chi connectivity index (χ1) is 32.6. The van der Waals surface area contributed by atoms with Gasteiger partial charge in [-0.3, -0.25) is 9.59 Å². The van der Waals surface area contributed by atoms with Crippen molar-refractivity contribution in [3.63, 3.8) is 0 Å². The number of halogens is 1. The molecule has 8 aromatic carbocycles. The number of carbonyl (C=O) groups excluding carboxylic acids is 2. The van der Waals surface area contributed by atoms with Gasteiger partial charge in [0.1, 0.15) is 23.0 Å². The lowest BCUT2D eigenvalue weighted by atomic mass is 9.80. The van der Waals surface area contributed by atoms with Gasteiger partial charge in [-0.25, -0.2) is 4.90 Å². The molecule has 0 saturated carbocycles. The van der Waals surface area contributed by atoms with E-state index < -0.39 is 0 Å². The Labute approximate surface area is 411 Å². The Morgan fingerprint density at radius 3 is 1.41 bits per heavy atom. The first-order valence-electron chi connectivity index (χ1n) is 25.0.